The van der Waals surface area contributed by atoms with E-state index in [4.69, 9.17) is 69.5 Å². The maximum absolute atomic E-state index is 13.1. The minimum atomic E-state index is -4.84. The third-order valence-electron chi connectivity index (χ3n) is 10.8. The number of anilines is 1. The Hall–Kier alpha value is -5.93. The van der Waals surface area contributed by atoms with E-state index in [0.717, 1.165) is 48.7 Å². The molecule has 3 unspecified atom stereocenters. The van der Waals surface area contributed by atoms with Gasteiger partial charge in [0, 0.05) is 51.7 Å². The van der Waals surface area contributed by atoms with Crippen molar-refractivity contribution in [1.82, 2.24) is 14.0 Å². The minimum absolute atomic E-state index is 0.0371. The van der Waals surface area contributed by atoms with Crippen molar-refractivity contribution in [1.29, 1.82) is 0 Å². The number of nitrogens with two attached hydrogens (primary N) is 1. The molecule has 25 heteroatoms. The van der Waals surface area contributed by atoms with Gasteiger partial charge >= 0.3 is 23.8 Å². The van der Waals surface area contributed by atoms with E-state index in [9.17, 15) is 46.5 Å². The quantitative estimate of drug-likeness (QED) is 0.0208. The number of carboxylic acid groups (broad SMARTS) is 1. The minimum Gasteiger partial charge on any atom is -0.489 e. The Labute approximate surface area is 461 Å². The van der Waals surface area contributed by atoms with Crippen LogP contribution in [-0.4, -0.2) is 118 Å². The van der Waals surface area contributed by atoms with Crippen LogP contribution in [0.5, 0.6) is 11.5 Å². The third kappa shape index (κ3) is 22.9. The van der Waals surface area contributed by atoms with Crippen LogP contribution in [0, 0.1) is 0 Å². The Kier molecular flexibility index (Phi) is 30.6. The standard InChI is InChI=1S/C25H25F3N2O6.C14H20ClNO2.C8H11Cl2NO.C5H12NO4P/c1-5-16-6-7-17(20(12-16)36-15(2)23(32)34-4)14-35-19-10-8-18(9-11-19)30-22(31)13-21(25(26,27)28)29(3)24(30)33;1-4-11-7-6-8-12(5-2)14(11)16(10-18-3)13(17)9-15;1-3-5-11(6-4-2)8(12)7(9)10;1-11(9,10)3-2-4(6)5(7)8/h6-13,15H,5,14H2,1-4H3;6-8H,4-5,9-10H2,1-3H3;3-4,7H,1-2,5-6H2;4H,2-3,6H2,1H3,(H,7,8)(H,9,10). The second-order valence-electron chi connectivity index (χ2n) is 16.5. The molecule has 4 aromatic rings. The number of alkyl halides is 6. The number of esters is 1. The number of carbonyl (C=O) groups excluding carboxylic acids is 3. The molecule has 4 rings (SSSR count). The smallest absolute Gasteiger partial charge is 0.431 e. The van der Waals surface area contributed by atoms with Crippen LogP contribution in [0.4, 0.5) is 18.9 Å². The average molecular weight is 1170 g/mol. The third-order valence-corrected chi connectivity index (χ3v) is 12.4. The van der Waals surface area contributed by atoms with E-state index in [2.05, 4.69) is 27.0 Å². The molecule has 426 valence electrons. The summed E-state index contributed by atoms with van der Waals surface area (Å²) in [6, 6.07) is 16.7. The second-order valence-corrected chi connectivity index (χ2v) is 20.5. The topological polar surface area (TPSA) is 239 Å². The number of rotatable bonds is 23. The van der Waals surface area contributed by atoms with Gasteiger partial charge in [-0.2, -0.15) is 13.2 Å². The maximum Gasteiger partial charge on any atom is 0.431 e. The number of halogens is 6. The summed E-state index contributed by atoms with van der Waals surface area (Å²) in [6.07, 6.45) is 0.0579. The fourth-order valence-corrected chi connectivity index (χ4v) is 7.85. The van der Waals surface area contributed by atoms with E-state index in [1.807, 2.05) is 43.3 Å². The summed E-state index contributed by atoms with van der Waals surface area (Å²) in [4.78, 5) is 80.6. The zero-order valence-corrected chi connectivity index (χ0v) is 47.4. The highest BCUT2D eigenvalue weighted by Gasteiger charge is 2.35. The van der Waals surface area contributed by atoms with Gasteiger partial charge in [-0.3, -0.25) is 33.2 Å². The molecule has 0 spiro atoms. The van der Waals surface area contributed by atoms with Crippen LogP contribution in [0.25, 0.3) is 5.69 Å². The molecular formula is C52H68Cl3F3N5O13P. The molecule has 0 bridgehead atoms. The summed E-state index contributed by atoms with van der Waals surface area (Å²) in [5.41, 5.74) is 6.53. The van der Waals surface area contributed by atoms with Crippen LogP contribution in [0.15, 0.2) is 102 Å². The first-order chi connectivity index (χ1) is 36.1. The molecule has 4 N–H and O–H groups in total. The lowest BCUT2D eigenvalue weighted by Crippen LogP contribution is -2.40. The van der Waals surface area contributed by atoms with Crippen LogP contribution >= 0.6 is 42.2 Å². The highest BCUT2D eigenvalue weighted by molar-refractivity contribution is 7.57. The molecule has 3 aromatic carbocycles. The van der Waals surface area contributed by atoms with Gasteiger partial charge in [-0.1, -0.05) is 86.5 Å². The monoisotopic (exact) mass is 1160 g/mol. The summed E-state index contributed by atoms with van der Waals surface area (Å²) >= 11 is 16.5. The summed E-state index contributed by atoms with van der Waals surface area (Å²) < 4.78 is 72.3. The van der Waals surface area contributed by atoms with Crippen molar-refractivity contribution in [2.75, 3.05) is 57.6 Å². The van der Waals surface area contributed by atoms with Gasteiger partial charge in [0.05, 0.1) is 18.5 Å². The number of amides is 2. The number of para-hydroxylation sites is 1. The largest absolute Gasteiger partial charge is 0.489 e. The number of benzene rings is 3. The number of carboxylic acids is 1. The number of aliphatic carboxylic acids is 1. The summed E-state index contributed by atoms with van der Waals surface area (Å²) in [6.45, 7) is 17.1. The molecule has 0 aliphatic carbocycles. The van der Waals surface area contributed by atoms with Crippen molar-refractivity contribution in [3.63, 3.8) is 0 Å². The highest BCUT2D eigenvalue weighted by atomic mass is 35.5. The maximum atomic E-state index is 13.1. The first kappa shape index (κ1) is 69.1. The van der Waals surface area contributed by atoms with Gasteiger partial charge in [0.15, 0.2) is 18.3 Å². The van der Waals surface area contributed by atoms with E-state index >= 15 is 0 Å². The molecule has 77 heavy (non-hydrogen) atoms. The predicted molar refractivity (Wildman–Crippen MR) is 293 cm³/mol. The Morgan fingerprint density at radius 3 is 1.92 bits per heavy atom. The van der Waals surface area contributed by atoms with Gasteiger partial charge in [0.25, 0.3) is 11.5 Å². The highest BCUT2D eigenvalue weighted by Crippen LogP contribution is 2.36. The van der Waals surface area contributed by atoms with Crippen molar-refractivity contribution in [2.45, 2.75) is 83.1 Å². The van der Waals surface area contributed by atoms with Gasteiger partial charge in [0.1, 0.15) is 42.5 Å². The number of aryl methyl sites for hydroxylation is 3. The molecule has 1 aromatic heterocycles. The van der Waals surface area contributed by atoms with Crippen LogP contribution in [0.3, 0.4) is 0 Å². The van der Waals surface area contributed by atoms with Crippen molar-refractivity contribution in [3.8, 4) is 17.2 Å². The molecule has 0 fully saturated rings. The number of aromatic nitrogens is 2. The number of nitrogens with zero attached hydrogens (tertiary/aromatic N) is 4. The Morgan fingerprint density at radius 1 is 0.909 bits per heavy atom. The Morgan fingerprint density at radius 2 is 1.48 bits per heavy atom. The molecule has 2 amide bonds. The van der Waals surface area contributed by atoms with E-state index < -0.39 is 59.4 Å². The molecule has 18 nitrogen and oxygen atoms in total. The number of ether oxygens (including phenoxy) is 4. The fraction of sp³-hybridized carbons (Fsp3) is 0.423. The van der Waals surface area contributed by atoms with Crippen molar-refractivity contribution in [2.24, 2.45) is 12.8 Å². The average Bonchev–Trinajstić information content (AvgIpc) is 3.39. The lowest BCUT2D eigenvalue weighted by atomic mass is 10.0. The number of hydrogen-bond donors (Lipinski definition) is 3. The summed E-state index contributed by atoms with van der Waals surface area (Å²) in [5.74, 6) is -1.31. The first-order valence-electron chi connectivity index (χ1n) is 23.6. The summed E-state index contributed by atoms with van der Waals surface area (Å²) in [7, 11) is 0.694. The molecule has 0 aliphatic rings. The lowest BCUT2D eigenvalue weighted by Gasteiger charge is -2.26. The first-order valence-corrected chi connectivity index (χ1v) is 27.3. The van der Waals surface area contributed by atoms with Crippen LogP contribution in [0.1, 0.15) is 62.1 Å². The fourth-order valence-electron chi connectivity index (χ4n) is 6.67. The van der Waals surface area contributed by atoms with Gasteiger partial charge < -0.3 is 39.6 Å². The lowest BCUT2D eigenvalue weighted by molar-refractivity contribution is -0.148. The van der Waals surface area contributed by atoms with Gasteiger partial charge in [0.2, 0.25) is 5.91 Å². The van der Waals surface area contributed by atoms with Gasteiger partial charge in [-0.15, -0.1) is 24.8 Å². The van der Waals surface area contributed by atoms with Crippen LogP contribution in [0.2, 0.25) is 0 Å². The molecule has 0 radical (unpaired) electrons. The van der Waals surface area contributed by atoms with Crippen molar-refractivity contribution >= 4 is 71.6 Å². The van der Waals surface area contributed by atoms with E-state index in [-0.39, 0.29) is 49.3 Å². The normalized spacial score (nSPS) is 12.3. The Balaban J connectivity index is 0.000000598. The van der Waals surface area contributed by atoms with Crippen molar-refractivity contribution < 1.29 is 65.9 Å². The van der Waals surface area contributed by atoms with Crippen LogP contribution in [-0.2, 0) is 72.3 Å². The van der Waals surface area contributed by atoms with Crippen molar-refractivity contribution in [3.05, 3.63) is 141 Å². The molecule has 0 saturated carbocycles. The number of hydrogen-bond acceptors (Lipinski definition) is 12. The Bertz CT molecular complexity index is 2720. The molecular weight excluding hydrogens is 1100 g/mol. The molecule has 1 heterocycles. The molecule has 0 aliphatic heterocycles. The van der Waals surface area contributed by atoms with Gasteiger partial charge in [-0.05, 0) is 79.6 Å². The predicted octanol–water partition coefficient (Wildman–Crippen LogP) is 8.30. The molecule has 3 atom stereocenters. The summed E-state index contributed by atoms with van der Waals surface area (Å²) in [5, 5.41) is 8.28. The zero-order chi connectivity index (χ0) is 58.8. The zero-order valence-electron chi connectivity index (χ0n) is 44.2. The second kappa shape index (κ2) is 34.1. The number of methoxy groups -OCH3 is 2. The van der Waals surface area contributed by atoms with E-state index in [0.29, 0.717) is 45.4 Å². The van der Waals surface area contributed by atoms with E-state index in [1.165, 1.54) is 42.9 Å². The SMILES string of the molecule is C=CCN(CC=C)C(=O)C(Cl)Cl.CCc1ccc(COc2ccc(-n3c(=O)cc(C(F)(F)F)n(C)c3=O)cc2)c(OC(C)C(=O)OC)c1.CCc1cccc(CC)c1N(COC)C(=O)CCl.CP(=O)(O)CCC(N)C(=O)O. The molecule has 0 saturated heterocycles. The van der Waals surface area contributed by atoms with Crippen LogP contribution < -0.4 is 31.4 Å². The van der Waals surface area contributed by atoms with E-state index in [1.54, 1.807) is 31.1 Å². The number of carbonyl (C=O) groups is 4. The van der Waals surface area contributed by atoms with Gasteiger partial charge in [-0.25, -0.2) is 14.2 Å².